The van der Waals surface area contributed by atoms with Crippen LogP contribution in [-0.2, 0) is 10.2 Å². The lowest BCUT2D eigenvalue weighted by Gasteiger charge is -2.25. The summed E-state index contributed by atoms with van der Waals surface area (Å²) in [4.78, 5) is 26.1. The number of benzene rings is 2. The third-order valence-corrected chi connectivity index (χ3v) is 4.26. The van der Waals surface area contributed by atoms with Crippen molar-refractivity contribution >= 4 is 17.4 Å². The minimum absolute atomic E-state index is 0.155. The summed E-state index contributed by atoms with van der Waals surface area (Å²) in [5, 5.41) is 2.87. The molecule has 0 fully saturated rings. The molecule has 0 saturated carbocycles. The van der Waals surface area contributed by atoms with E-state index in [2.05, 4.69) is 5.32 Å². The average Bonchev–Trinajstić information content (AvgIpc) is 2.85. The molecule has 0 spiro atoms. The second kappa shape index (κ2) is 5.84. The summed E-state index contributed by atoms with van der Waals surface area (Å²) in [5.41, 5.74) is 1.94. The Morgan fingerprint density at radius 1 is 1.04 bits per heavy atom. The van der Waals surface area contributed by atoms with Gasteiger partial charge in [-0.25, -0.2) is 0 Å². The normalized spacial score (nSPS) is 19.0. The molecule has 1 unspecified atom stereocenters. The first-order valence-electron chi connectivity index (χ1n) is 7.70. The predicted octanol–water partition coefficient (Wildman–Crippen LogP) is 4.12. The number of fused-ring (bicyclic) bond motifs is 1. The fourth-order valence-corrected chi connectivity index (χ4v) is 3.03. The van der Waals surface area contributed by atoms with E-state index in [1.807, 2.05) is 62.4 Å². The Morgan fingerprint density at radius 3 is 2.39 bits per heavy atom. The third kappa shape index (κ3) is 2.48. The van der Waals surface area contributed by atoms with E-state index in [1.54, 1.807) is 12.1 Å². The number of amides is 1. The number of hydrogen-bond donors (Lipinski definition) is 1. The number of ketones is 1. The standard InChI is InChI=1S/C20H19NO2/c1-14(2)12-13-20(18(22)15-8-4-3-5-9-15)16-10-6-7-11-17(16)21-19(20)23/h3-12H,13H2,1-2H3,(H,21,23). The van der Waals surface area contributed by atoms with Crippen molar-refractivity contribution in [1.29, 1.82) is 0 Å². The number of rotatable bonds is 4. The molecule has 116 valence electrons. The Labute approximate surface area is 136 Å². The lowest BCUT2D eigenvalue weighted by molar-refractivity contribution is -0.119. The molecule has 3 nitrogen and oxygen atoms in total. The van der Waals surface area contributed by atoms with Crippen LogP contribution in [0.5, 0.6) is 0 Å². The summed E-state index contributed by atoms with van der Waals surface area (Å²) >= 11 is 0. The molecule has 0 aliphatic carbocycles. The smallest absolute Gasteiger partial charge is 0.243 e. The Hall–Kier alpha value is -2.68. The molecule has 3 heteroatoms. The molecular weight excluding hydrogens is 286 g/mol. The quantitative estimate of drug-likeness (QED) is 0.525. The monoisotopic (exact) mass is 305 g/mol. The molecule has 23 heavy (non-hydrogen) atoms. The average molecular weight is 305 g/mol. The van der Waals surface area contributed by atoms with Gasteiger partial charge in [0, 0.05) is 11.3 Å². The van der Waals surface area contributed by atoms with Crippen LogP contribution in [0.15, 0.2) is 66.2 Å². The van der Waals surface area contributed by atoms with Crippen LogP contribution in [0, 0.1) is 0 Å². The number of allylic oxidation sites excluding steroid dienone is 2. The van der Waals surface area contributed by atoms with Gasteiger partial charge in [-0.05, 0) is 31.9 Å². The Kier molecular flexibility index (Phi) is 3.87. The van der Waals surface area contributed by atoms with Gasteiger partial charge in [-0.2, -0.15) is 0 Å². The summed E-state index contributed by atoms with van der Waals surface area (Å²) in [6.45, 7) is 3.94. The first-order chi connectivity index (χ1) is 11.1. The maximum Gasteiger partial charge on any atom is 0.243 e. The maximum atomic E-state index is 13.3. The molecule has 2 aromatic rings. The van der Waals surface area contributed by atoms with Crippen molar-refractivity contribution in [3.63, 3.8) is 0 Å². The minimum atomic E-state index is -1.19. The molecule has 0 radical (unpaired) electrons. The Bertz CT molecular complexity index is 788. The van der Waals surface area contributed by atoms with E-state index >= 15 is 0 Å². The van der Waals surface area contributed by atoms with Gasteiger partial charge in [0.05, 0.1) is 0 Å². The number of carbonyl (C=O) groups excluding carboxylic acids is 2. The highest BCUT2D eigenvalue weighted by atomic mass is 16.2. The van der Waals surface area contributed by atoms with Gasteiger partial charge in [-0.15, -0.1) is 0 Å². The number of anilines is 1. The van der Waals surface area contributed by atoms with Crippen molar-refractivity contribution < 1.29 is 9.59 Å². The Balaban J connectivity index is 2.18. The predicted molar refractivity (Wildman–Crippen MR) is 91.6 cm³/mol. The summed E-state index contributed by atoms with van der Waals surface area (Å²) < 4.78 is 0. The SMILES string of the molecule is CC(C)=CCC1(C(=O)c2ccccc2)C(=O)Nc2ccccc21. The zero-order valence-electron chi connectivity index (χ0n) is 13.3. The molecule has 0 aromatic heterocycles. The molecule has 1 aliphatic rings. The van der Waals surface area contributed by atoms with Crippen molar-refractivity contribution in [1.82, 2.24) is 0 Å². The molecule has 0 saturated heterocycles. The van der Waals surface area contributed by atoms with Crippen LogP contribution in [0.1, 0.15) is 36.2 Å². The van der Waals surface area contributed by atoms with Crippen LogP contribution in [0.3, 0.4) is 0 Å². The van der Waals surface area contributed by atoms with E-state index in [9.17, 15) is 9.59 Å². The number of nitrogens with one attached hydrogen (secondary N) is 1. The highest BCUT2D eigenvalue weighted by Gasteiger charge is 2.51. The molecule has 1 aliphatic heterocycles. The third-order valence-electron chi connectivity index (χ3n) is 4.26. The fourth-order valence-electron chi connectivity index (χ4n) is 3.03. The molecule has 0 bridgehead atoms. The van der Waals surface area contributed by atoms with Crippen molar-refractivity contribution in [2.45, 2.75) is 25.7 Å². The second-order valence-corrected chi connectivity index (χ2v) is 6.09. The summed E-state index contributed by atoms with van der Waals surface area (Å²) in [5.74, 6) is -0.400. The van der Waals surface area contributed by atoms with Crippen LogP contribution < -0.4 is 5.32 Å². The molecule has 1 heterocycles. The van der Waals surface area contributed by atoms with Crippen molar-refractivity contribution in [3.05, 3.63) is 77.4 Å². The molecule has 1 atom stereocenters. The highest BCUT2D eigenvalue weighted by Crippen LogP contribution is 2.43. The maximum absolute atomic E-state index is 13.3. The minimum Gasteiger partial charge on any atom is -0.325 e. The molecule has 3 rings (SSSR count). The molecular formula is C20H19NO2. The zero-order valence-corrected chi connectivity index (χ0v) is 13.3. The van der Waals surface area contributed by atoms with Crippen LogP contribution in [0.2, 0.25) is 0 Å². The van der Waals surface area contributed by atoms with Gasteiger partial charge in [0.1, 0.15) is 5.41 Å². The number of Topliss-reactive ketones (excluding diaryl/α,β-unsaturated/α-hetero) is 1. The number of carbonyl (C=O) groups is 2. The van der Waals surface area contributed by atoms with E-state index in [0.717, 1.165) is 16.8 Å². The van der Waals surface area contributed by atoms with E-state index in [4.69, 9.17) is 0 Å². The van der Waals surface area contributed by atoms with E-state index in [-0.39, 0.29) is 11.7 Å². The first-order valence-corrected chi connectivity index (χ1v) is 7.70. The zero-order chi connectivity index (χ0) is 16.4. The largest absolute Gasteiger partial charge is 0.325 e. The van der Waals surface area contributed by atoms with Crippen molar-refractivity contribution in [3.8, 4) is 0 Å². The van der Waals surface area contributed by atoms with Gasteiger partial charge in [-0.1, -0.05) is 60.2 Å². The highest BCUT2D eigenvalue weighted by molar-refractivity contribution is 6.25. The topological polar surface area (TPSA) is 46.2 Å². The Morgan fingerprint density at radius 2 is 1.70 bits per heavy atom. The summed E-state index contributed by atoms with van der Waals surface area (Å²) in [6.07, 6.45) is 2.33. The van der Waals surface area contributed by atoms with Crippen LogP contribution in [0.4, 0.5) is 5.69 Å². The number of hydrogen-bond acceptors (Lipinski definition) is 2. The summed E-state index contributed by atoms with van der Waals surface area (Å²) in [7, 11) is 0. The van der Waals surface area contributed by atoms with E-state index < -0.39 is 5.41 Å². The second-order valence-electron chi connectivity index (χ2n) is 6.09. The van der Waals surface area contributed by atoms with Gasteiger partial charge in [0.15, 0.2) is 5.78 Å². The van der Waals surface area contributed by atoms with Crippen LogP contribution in [0.25, 0.3) is 0 Å². The molecule has 1 N–H and O–H groups in total. The first kappa shape index (κ1) is 15.2. The number of para-hydroxylation sites is 1. The summed E-state index contributed by atoms with van der Waals surface area (Å²) in [6, 6.07) is 16.5. The molecule has 1 amide bonds. The lowest BCUT2D eigenvalue weighted by Crippen LogP contribution is -2.42. The van der Waals surface area contributed by atoms with Gasteiger partial charge in [0.25, 0.3) is 0 Å². The van der Waals surface area contributed by atoms with Gasteiger partial charge in [0.2, 0.25) is 5.91 Å². The van der Waals surface area contributed by atoms with Gasteiger partial charge in [-0.3, -0.25) is 9.59 Å². The van der Waals surface area contributed by atoms with Crippen LogP contribution >= 0.6 is 0 Å². The fraction of sp³-hybridized carbons (Fsp3) is 0.200. The van der Waals surface area contributed by atoms with Crippen LogP contribution in [-0.4, -0.2) is 11.7 Å². The van der Waals surface area contributed by atoms with Crippen molar-refractivity contribution in [2.75, 3.05) is 5.32 Å². The van der Waals surface area contributed by atoms with Gasteiger partial charge < -0.3 is 5.32 Å². The molecule has 2 aromatic carbocycles. The van der Waals surface area contributed by atoms with Gasteiger partial charge >= 0.3 is 0 Å². The van der Waals surface area contributed by atoms with Crippen molar-refractivity contribution in [2.24, 2.45) is 0 Å². The lowest BCUT2D eigenvalue weighted by atomic mass is 9.72. The van der Waals surface area contributed by atoms with E-state index in [0.29, 0.717) is 12.0 Å². The van der Waals surface area contributed by atoms with E-state index in [1.165, 1.54) is 0 Å².